The maximum Gasteiger partial charge on any atom is 0.339 e. The molecule has 0 aliphatic heterocycles. The van der Waals surface area contributed by atoms with Crippen molar-refractivity contribution in [3.63, 3.8) is 0 Å². The molecule has 2 aromatic heterocycles. The fourth-order valence-corrected chi connectivity index (χ4v) is 4.65. The molecule has 0 bridgehead atoms. The van der Waals surface area contributed by atoms with Crippen LogP contribution in [0.25, 0.3) is 11.4 Å². The second-order valence-corrected chi connectivity index (χ2v) is 8.88. The Labute approximate surface area is 198 Å². The monoisotopic (exact) mass is 483 g/mol. The summed E-state index contributed by atoms with van der Waals surface area (Å²) in [5, 5.41) is 7.02. The Morgan fingerprint density at radius 2 is 1.97 bits per heavy atom. The lowest BCUT2D eigenvalue weighted by atomic mass is 10.2. The van der Waals surface area contributed by atoms with Crippen LogP contribution in [-0.2, 0) is 17.1 Å². The van der Waals surface area contributed by atoms with E-state index in [4.69, 9.17) is 18.7 Å². The maximum atomic E-state index is 12.7. The minimum atomic E-state index is -0.464. The number of carbonyl (C=O) groups is 1. The molecule has 33 heavy (non-hydrogen) atoms. The van der Waals surface area contributed by atoms with Gasteiger partial charge in [-0.2, -0.15) is 4.98 Å². The number of nitrogens with zero attached hydrogens (tertiary/aromatic N) is 3. The van der Waals surface area contributed by atoms with Gasteiger partial charge in [0.25, 0.3) is 5.89 Å². The lowest BCUT2D eigenvalue weighted by Gasteiger charge is -2.08. The lowest BCUT2D eigenvalue weighted by Crippen LogP contribution is -2.07. The van der Waals surface area contributed by atoms with E-state index >= 15 is 0 Å². The van der Waals surface area contributed by atoms with E-state index in [-0.39, 0.29) is 12.5 Å². The van der Waals surface area contributed by atoms with Gasteiger partial charge in [0, 0.05) is 22.1 Å². The summed E-state index contributed by atoms with van der Waals surface area (Å²) in [6, 6.07) is 12.6. The van der Waals surface area contributed by atoms with Crippen LogP contribution in [0.15, 0.2) is 57.3 Å². The SMILES string of the molecule is COc1ccc(-c2noc(COC(=O)c3ccccc3SCc3csc(C)n3)n2)c(OC)c1. The van der Waals surface area contributed by atoms with Crippen LogP contribution in [0.2, 0.25) is 0 Å². The van der Waals surface area contributed by atoms with Crippen LogP contribution < -0.4 is 9.47 Å². The standard InChI is InChI=1S/C23H21N3O5S2/c1-14-24-15(12-32-14)13-33-20-7-5-4-6-18(20)23(27)30-11-21-25-22(26-31-21)17-9-8-16(28-2)10-19(17)29-3/h4-10,12H,11,13H2,1-3H3. The number of rotatable bonds is 9. The van der Waals surface area contributed by atoms with Crippen LogP contribution in [0.5, 0.6) is 11.5 Å². The van der Waals surface area contributed by atoms with Crippen molar-refractivity contribution in [1.82, 2.24) is 15.1 Å². The maximum absolute atomic E-state index is 12.7. The third-order valence-electron chi connectivity index (χ3n) is 4.59. The van der Waals surface area contributed by atoms with Gasteiger partial charge in [-0.3, -0.25) is 0 Å². The van der Waals surface area contributed by atoms with Gasteiger partial charge in [0.1, 0.15) is 11.5 Å². The van der Waals surface area contributed by atoms with Crippen molar-refractivity contribution >= 4 is 29.1 Å². The molecule has 0 spiro atoms. The summed E-state index contributed by atoms with van der Waals surface area (Å²) in [6.07, 6.45) is 0. The van der Waals surface area contributed by atoms with E-state index < -0.39 is 5.97 Å². The Balaban J connectivity index is 1.41. The van der Waals surface area contributed by atoms with Gasteiger partial charge in [0.2, 0.25) is 5.82 Å². The van der Waals surface area contributed by atoms with E-state index in [1.807, 2.05) is 24.4 Å². The molecule has 4 aromatic rings. The Morgan fingerprint density at radius 1 is 1.12 bits per heavy atom. The molecule has 0 unspecified atom stereocenters. The van der Waals surface area contributed by atoms with E-state index in [1.165, 1.54) is 11.8 Å². The first-order valence-corrected chi connectivity index (χ1v) is 11.8. The third-order valence-corrected chi connectivity index (χ3v) is 6.52. The highest BCUT2D eigenvalue weighted by molar-refractivity contribution is 7.98. The van der Waals surface area contributed by atoms with Gasteiger partial charge in [-0.25, -0.2) is 9.78 Å². The van der Waals surface area contributed by atoms with E-state index in [1.54, 1.807) is 55.9 Å². The number of thioether (sulfide) groups is 1. The molecule has 2 heterocycles. The topological polar surface area (TPSA) is 96.6 Å². The first kappa shape index (κ1) is 22.8. The van der Waals surface area contributed by atoms with Gasteiger partial charge in [-0.1, -0.05) is 17.3 Å². The van der Waals surface area contributed by atoms with Crippen molar-refractivity contribution in [2.45, 2.75) is 24.2 Å². The van der Waals surface area contributed by atoms with Crippen molar-refractivity contribution in [2.75, 3.05) is 14.2 Å². The summed E-state index contributed by atoms with van der Waals surface area (Å²) < 4.78 is 21.3. The summed E-state index contributed by atoms with van der Waals surface area (Å²) in [6.45, 7) is 1.83. The van der Waals surface area contributed by atoms with Gasteiger partial charge in [-0.05, 0) is 31.2 Å². The number of hydrogen-bond acceptors (Lipinski definition) is 10. The number of ether oxygens (including phenoxy) is 3. The van der Waals surface area contributed by atoms with Crippen molar-refractivity contribution in [3.05, 3.63) is 70.0 Å². The Morgan fingerprint density at radius 3 is 2.73 bits per heavy atom. The summed E-state index contributed by atoms with van der Waals surface area (Å²) in [4.78, 5) is 22.3. The third kappa shape index (κ3) is 5.52. The van der Waals surface area contributed by atoms with E-state index in [0.29, 0.717) is 34.2 Å². The zero-order chi connectivity index (χ0) is 23.2. The highest BCUT2D eigenvalue weighted by atomic mass is 32.2. The van der Waals surface area contributed by atoms with Crippen molar-refractivity contribution < 1.29 is 23.5 Å². The first-order chi connectivity index (χ1) is 16.1. The Kier molecular flexibility index (Phi) is 7.26. The summed E-state index contributed by atoms with van der Waals surface area (Å²) in [5.41, 5.74) is 2.10. The number of esters is 1. The van der Waals surface area contributed by atoms with Crippen molar-refractivity contribution in [1.29, 1.82) is 0 Å². The number of aryl methyl sites for hydroxylation is 1. The van der Waals surface area contributed by atoms with Crippen molar-refractivity contribution in [2.24, 2.45) is 0 Å². The zero-order valence-electron chi connectivity index (χ0n) is 18.2. The average molecular weight is 484 g/mol. The van der Waals surface area contributed by atoms with Crippen LogP contribution in [0.3, 0.4) is 0 Å². The molecule has 170 valence electrons. The predicted molar refractivity (Wildman–Crippen MR) is 125 cm³/mol. The molecule has 8 nitrogen and oxygen atoms in total. The number of hydrogen-bond donors (Lipinski definition) is 0. The average Bonchev–Trinajstić information content (AvgIpc) is 3.49. The first-order valence-electron chi connectivity index (χ1n) is 9.92. The summed E-state index contributed by atoms with van der Waals surface area (Å²) in [5.74, 6) is 1.91. The zero-order valence-corrected chi connectivity index (χ0v) is 19.9. The molecule has 0 N–H and O–H groups in total. The van der Waals surface area contributed by atoms with Crippen LogP contribution in [-0.4, -0.2) is 35.3 Å². The van der Waals surface area contributed by atoms with Crippen LogP contribution in [0, 0.1) is 6.92 Å². The fraction of sp³-hybridized carbons (Fsp3) is 0.217. The molecule has 0 aliphatic carbocycles. The number of methoxy groups -OCH3 is 2. The molecule has 0 radical (unpaired) electrons. The van der Waals surface area contributed by atoms with Crippen LogP contribution in [0.1, 0.15) is 27.0 Å². The highest BCUT2D eigenvalue weighted by Crippen LogP contribution is 2.32. The Bertz CT molecular complexity index is 1250. The van der Waals surface area contributed by atoms with Gasteiger partial charge < -0.3 is 18.7 Å². The normalized spacial score (nSPS) is 10.8. The van der Waals surface area contributed by atoms with Gasteiger partial charge in [0.15, 0.2) is 6.61 Å². The molecule has 10 heteroatoms. The molecule has 0 aliphatic rings. The molecule has 2 aromatic carbocycles. The fourth-order valence-electron chi connectivity index (χ4n) is 3.00. The highest BCUT2D eigenvalue weighted by Gasteiger charge is 2.18. The molecule has 0 saturated heterocycles. The quantitative estimate of drug-likeness (QED) is 0.236. The molecule has 0 fully saturated rings. The number of carbonyl (C=O) groups excluding carboxylic acids is 1. The van der Waals surface area contributed by atoms with E-state index in [9.17, 15) is 4.79 Å². The van der Waals surface area contributed by atoms with Crippen LogP contribution in [0.4, 0.5) is 0 Å². The number of aromatic nitrogens is 3. The molecule has 0 atom stereocenters. The summed E-state index contributed by atoms with van der Waals surface area (Å²) in [7, 11) is 3.12. The molecule has 4 rings (SSSR count). The summed E-state index contributed by atoms with van der Waals surface area (Å²) >= 11 is 3.15. The van der Waals surface area contributed by atoms with Crippen molar-refractivity contribution in [3.8, 4) is 22.9 Å². The molecule has 0 amide bonds. The van der Waals surface area contributed by atoms with E-state index in [0.717, 1.165) is 15.6 Å². The minimum Gasteiger partial charge on any atom is -0.497 e. The van der Waals surface area contributed by atoms with Crippen LogP contribution >= 0.6 is 23.1 Å². The largest absolute Gasteiger partial charge is 0.497 e. The molecular formula is C23H21N3O5S2. The minimum absolute atomic E-state index is 0.144. The number of thiazole rings is 1. The van der Waals surface area contributed by atoms with Gasteiger partial charge in [0.05, 0.1) is 36.0 Å². The van der Waals surface area contributed by atoms with Gasteiger partial charge >= 0.3 is 5.97 Å². The second-order valence-electron chi connectivity index (χ2n) is 6.80. The Hall–Kier alpha value is -3.37. The molecular weight excluding hydrogens is 462 g/mol. The van der Waals surface area contributed by atoms with Gasteiger partial charge in [-0.15, -0.1) is 23.1 Å². The predicted octanol–water partition coefficient (Wildman–Crippen LogP) is 5.17. The lowest BCUT2D eigenvalue weighted by molar-refractivity contribution is 0.0425. The smallest absolute Gasteiger partial charge is 0.339 e. The molecule has 0 saturated carbocycles. The number of benzene rings is 2. The van der Waals surface area contributed by atoms with E-state index in [2.05, 4.69) is 15.1 Å². The second kappa shape index (κ2) is 10.5.